The number of nitrogens with zero attached hydrogens (tertiary/aromatic N) is 5. The SMILES string of the molecule is Cc1nnnn1-c1ccc(C2CCCC2CCC(=O)Nc2nccs2)cc1F. The molecule has 1 aliphatic rings. The summed E-state index contributed by atoms with van der Waals surface area (Å²) in [7, 11) is 0. The Morgan fingerprint density at radius 2 is 2.29 bits per heavy atom. The molecule has 1 N–H and O–H groups in total. The summed E-state index contributed by atoms with van der Waals surface area (Å²) in [4.78, 5) is 16.2. The Labute approximate surface area is 166 Å². The first-order valence-corrected chi connectivity index (χ1v) is 10.2. The van der Waals surface area contributed by atoms with Crippen molar-refractivity contribution in [2.45, 2.75) is 44.9 Å². The van der Waals surface area contributed by atoms with Crippen molar-refractivity contribution in [1.82, 2.24) is 25.2 Å². The lowest BCUT2D eigenvalue weighted by atomic mass is 9.85. The van der Waals surface area contributed by atoms with Gasteiger partial charge in [-0.3, -0.25) is 4.79 Å². The van der Waals surface area contributed by atoms with Gasteiger partial charge in [-0.2, -0.15) is 4.68 Å². The Bertz CT molecular complexity index is 957. The normalized spacial score (nSPS) is 19.1. The first-order chi connectivity index (χ1) is 13.6. The summed E-state index contributed by atoms with van der Waals surface area (Å²) in [5, 5.41) is 16.5. The van der Waals surface area contributed by atoms with Crippen LogP contribution >= 0.6 is 11.3 Å². The van der Waals surface area contributed by atoms with E-state index in [1.54, 1.807) is 25.3 Å². The van der Waals surface area contributed by atoms with Crippen LogP contribution in [-0.2, 0) is 4.79 Å². The van der Waals surface area contributed by atoms with Crippen molar-refractivity contribution < 1.29 is 9.18 Å². The van der Waals surface area contributed by atoms with E-state index >= 15 is 0 Å². The lowest BCUT2D eigenvalue weighted by Gasteiger charge is -2.20. The molecule has 1 amide bonds. The van der Waals surface area contributed by atoms with E-state index in [1.807, 2.05) is 11.4 Å². The van der Waals surface area contributed by atoms with Gasteiger partial charge in [-0.1, -0.05) is 12.5 Å². The Balaban J connectivity index is 1.42. The Morgan fingerprint density at radius 1 is 1.39 bits per heavy atom. The van der Waals surface area contributed by atoms with Crippen LogP contribution in [0, 0.1) is 18.7 Å². The van der Waals surface area contributed by atoms with Crippen molar-refractivity contribution in [1.29, 1.82) is 0 Å². The molecule has 0 radical (unpaired) electrons. The van der Waals surface area contributed by atoms with Gasteiger partial charge in [0.05, 0.1) is 0 Å². The lowest BCUT2D eigenvalue weighted by molar-refractivity contribution is -0.116. The molecule has 28 heavy (non-hydrogen) atoms. The highest BCUT2D eigenvalue weighted by atomic mass is 32.1. The van der Waals surface area contributed by atoms with Crippen LogP contribution in [0.25, 0.3) is 5.69 Å². The molecule has 2 aromatic heterocycles. The zero-order valence-electron chi connectivity index (χ0n) is 15.5. The summed E-state index contributed by atoms with van der Waals surface area (Å²) >= 11 is 1.41. The van der Waals surface area contributed by atoms with E-state index in [2.05, 4.69) is 25.8 Å². The fraction of sp³-hybridized carbons (Fsp3) is 0.421. The topological polar surface area (TPSA) is 85.6 Å². The average Bonchev–Trinajstić information content (AvgIpc) is 3.42. The minimum Gasteiger partial charge on any atom is -0.302 e. The van der Waals surface area contributed by atoms with E-state index < -0.39 is 0 Å². The third-order valence-electron chi connectivity index (χ3n) is 5.33. The molecule has 1 aliphatic carbocycles. The number of amides is 1. The highest BCUT2D eigenvalue weighted by molar-refractivity contribution is 7.13. The van der Waals surface area contributed by atoms with E-state index in [0.717, 1.165) is 31.2 Å². The number of nitrogens with one attached hydrogen (secondary N) is 1. The Kier molecular flexibility index (Phi) is 5.43. The predicted molar refractivity (Wildman–Crippen MR) is 104 cm³/mol. The number of rotatable bonds is 6. The number of thiazole rings is 1. The molecule has 1 fully saturated rings. The summed E-state index contributed by atoms with van der Waals surface area (Å²) in [5.41, 5.74) is 1.33. The van der Waals surface area contributed by atoms with E-state index in [-0.39, 0.29) is 17.6 Å². The monoisotopic (exact) mass is 400 g/mol. The van der Waals surface area contributed by atoms with E-state index in [4.69, 9.17) is 0 Å². The third kappa shape index (κ3) is 3.94. The maximum absolute atomic E-state index is 14.7. The molecule has 0 aliphatic heterocycles. The number of tetrazole rings is 1. The van der Waals surface area contributed by atoms with Crippen LogP contribution in [0.3, 0.4) is 0 Å². The lowest BCUT2D eigenvalue weighted by Crippen LogP contribution is -2.15. The summed E-state index contributed by atoms with van der Waals surface area (Å²) in [6.45, 7) is 1.73. The zero-order chi connectivity index (χ0) is 19.5. The standard InChI is InChI=1S/C19H21FN6OS/c1-12-23-24-25-26(12)17-7-5-14(11-16(17)20)15-4-2-3-13(15)6-8-18(27)22-19-21-9-10-28-19/h5,7,9-11,13,15H,2-4,6,8H2,1H3,(H,21,22,27). The molecule has 0 spiro atoms. The molecule has 7 nitrogen and oxygen atoms in total. The van der Waals surface area contributed by atoms with Crippen LogP contribution in [0.1, 0.15) is 49.4 Å². The maximum Gasteiger partial charge on any atom is 0.226 e. The fourth-order valence-corrected chi connectivity index (χ4v) is 4.53. The van der Waals surface area contributed by atoms with Crippen molar-refractivity contribution in [3.05, 3.63) is 47.0 Å². The van der Waals surface area contributed by atoms with Crippen molar-refractivity contribution in [3.63, 3.8) is 0 Å². The summed E-state index contributed by atoms with van der Waals surface area (Å²) in [6.07, 6.45) is 6.08. The second-order valence-corrected chi connectivity index (χ2v) is 7.96. The molecule has 2 heterocycles. The maximum atomic E-state index is 14.7. The molecule has 0 bridgehead atoms. The predicted octanol–water partition coefficient (Wildman–Crippen LogP) is 3.87. The molecule has 1 aromatic carbocycles. The third-order valence-corrected chi connectivity index (χ3v) is 6.02. The number of carbonyl (C=O) groups excluding carboxylic acids is 1. The number of anilines is 1. The van der Waals surface area contributed by atoms with E-state index in [1.165, 1.54) is 16.0 Å². The Hall–Kier alpha value is -2.68. The van der Waals surface area contributed by atoms with Gasteiger partial charge in [0, 0.05) is 18.0 Å². The van der Waals surface area contributed by atoms with Gasteiger partial charge in [-0.25, -0.2) is 9.37 Å². The second-order valence-electron chi connectivity index (χ2n) is 7.07. The zero-order valence-corrected chi connectivity index (χ0v) is 16.3. The summed E-state index contributed by atoms with van der Waals surface area (Å²) in [6, 6.07) is 5.28. The molecular formula is C19H21FN6OS. The number of carbonyl (C=O) groups is 1. The van der Waals surface area contributed by atoms with Gasteiger partial charge in [0.25, 0.3) is 0 Å². The summed E-state index contributed by atoms with van der Waals surface area (Å²) < 4.78 is 16.1. The molecule has 4 rings (SSSR count). The average molecular weight is 400 g/mol. The number of aromatic nitrogens is 5. The number of hydrogen-bond donors (Lipinski definition) is 1. The molecule has 9 heteroatoms. The van der Waals surface area contributed by atoms with Crippen molar-refractivity contribution >= 4 is 22.4 Å². The highest BCUT2D eigenvalue weighted by Crippen LogP contribution is 2.42. The van der Waals surface area contributed by atoms with Crippen molar-refractivity contribution in [2.24, 2.45) is 5.92 Å². The number of aryl methyl sites for hydroxylation is 1. The number of benzene rings is 1. The Morgan fingerprint density at radius 3 is 3.00 bits per heavy atom. The molecule has 3 aromatic rings. The van der Waals surface area contributed by atoms with Crippen molar-refractivity contribution in [3.8, 4) is 5.69 Å². The second kappa shape index (κ2) is 8.14. The quantitative estimate of drug-likeness (QED) is 0.679. The van der Waals surface area contributed by atoms with Gasteiger partial charge in [0.1, 0.15) is 11.5 Å². The molecule has 0 saturated heterocycles. The molecule has 1 saturated carbocycles. The minimum absolute atomic E-state index is 0.0173. The number of hydrogen-bond acceptors (Lipinski definition) is 6. The van der Waals surface area contributed by atoms with Crippen LogP contribution in [0.15, 0.2) is 29.8 Å². The fourth-order valence-electron chi connectivity index (χ4n) is 3.98. The van der Waals surface area contributed by atoms with Gasteiger partial charge in [-0.05, 0) is 66.1 Å². The van der Waals surface area contributed by atoms with Crippen LogP contribution in [0.5, 0.6) is 0 Å². The molecule has 2 unspecified atom stereocenters. The highest BCUT2D eigenvalue weighted by Gasteiger charge is 2.29. The van der Waals surface area contributed by atoms with Crippen molar-refractivity contribution in [2.75, 3.05) is 5.32 Å². The first kappa shape index (κ1) is 18.7. The van der Waals surface area contributed by atoms with Crippen LogP contribution < -0.4 is 5.32 Å². The van der Waals surface area contributed by atoms with E-state index in [0.29, 0.717) is 29.0 Å². The van der Waals surface area contributed by atoms with Crippen LogP contribution in [0.4, 0.5) is 9.52 Å². The van der Waals surface area contributed by atoms with Gasteiger partial charge < -0.3 is 5.32 Å². The van der Waals surface area contributed by atoms with Gasteiger partial charge in [0.15, 0.2) is 11.0 Å². The molecule has 146 valence electrons. The van der Waals surface area contributed by atoms with Crippen LogP contribution in [-0.4, -0.2) is 31.1 Å². The minimum atomic E-state index is -0.333. The smallest absolute Gasteiger partial charge is 0.226 e. The van der Waals surface area contributed by atoms with E-state index in [9.17, 15) is 9.18 Å². The number of halogens is 1. The first-order valence-electron chi connectivity index (χ1n) is 9.36. The van der Waals surface area contributed by atoms with Gasteiger partial charge in [-0.15, -0.1) is 16.4 Å². The summed E-state index contributed by atoms with van der Waals surface area (Å²) in [5.74, 6) is 0.834. The molecule has 2 atom stereocenters. The van der Waals surface area contributed by atoms with Crippen LogP contribution in [0.2, 0.25) is 0 Å². The molecular weight excluding hydrogens is 379 g/mol. The largest absolute Gasteiger partial charge is 0.302 e. The van der Waals surface area contributed by atoms with Gasteiger partial charge in [0.2, 0.25) is 5.91 Å². The van der Waals surface area contributed by atoms with Gasteiger partial charge >= 0.3 is 0 Å².